The van der Waals surface area contributed by atoms with E-state index < -0.39 is 0 Å². The molecule has 0 aliphatic heterocycles. The maximum absolute atomic E-state index is 6.01. The lowest BCUT2D eigenvalue weighted by Crippen LogP contribution is -2.54. The fourth-order valence-electron chi connectivity index (χ4n) is 6.69. The average molecular weight is 410 g/mol. The fraction of sp³-hybridized carbons (Fsp3) is 0.538. The Morgan fingerprint density at radius 3 is 2.28 bits per heavy atom. The third kappa shape index (κ3) is 4.20. The van der Waals surface area contributed by atoms with Crippen LogP contribution in [0.3, 0.4) is 0 Å². The molecule has 154 valence electrons. The number of halogens is 1. The van der Waals surface area contributed by atoms with E-state index in [0.717, 1.165) is 40.6 Å². The van der Waals surface area contributed by atoms with Crippen LogP contribution in [0.5, 0.6) is 5.75 Å². The molecular formula is C26H32ClNO. The van der Waals surface area contributed by atoms with Crippen LogP contribution in [-0.2, 0) is 13.2 Å². The van der Waals surface area contributed by atoms with E-state index in [-0.39, 0.29) is 0 Å². The molecule has 0 radical (unpaired) electrons. The zero-order valence-electron chi connectivity index (χ0n) is 17.4. The summed E-state index contributed by atoms with van der Waals surface area (Å²) in [5, 5.41) is 4.65. The standard InChI is InChI=1S/C26H32ClNO/c1-18(26-13-21-9-22(14-26)11-23(10-21)15-26)28-16-20-3-2-4-25(12-20)29-17-19-5-7-24(27)8-6-19/h2-8,12,18,21-23,28H,9-11,13-17H2,1H3/t18-,21?,22?,23?,26?/m1/s1. The minimum Gasteiger partial charge on any atom is -0.489 e. The molecule has 2 aromatic rings. The molecule has 1 atom stereocenters. The Labute approximate surface area is 180 Å². The molecule has 3 heteroatoms. The molecule has 0 aromatic heterocycles. The molecule has 2 aromatic carbocycles. The Hall–Kier alpha value is -1.51. The van der Waals surface area contributed by atoms with E-state index >= 15 is 0 Å². The van der Waals surface area contributed by atoms with Gasteiger partial charge in [0, 0.05) is 17.6 Å². The average Bonchev–Trinajstić information content (AvgIpc) is 2.71. The molecule has 6 rings (SSSR count). The Bertz CT molecular complexity index is 811. The van der Waals surface area contributed by atoms with Crippen molar-refractivity contribution in [1.29, 1.82) is 0 Å². The topological polar surface area (TPSA) is 21.3 Å². The van der Waals surface area contributed by atoms with Crippen LogP contribution in [0.1, 0.15) is 56.6 Å². The molecule has 4 aliphatic carbocycles. The van der Waals surface area contributed by atoms with Crippen LogP contribution >= 0.6 is 11.6 Å². The molecule has 0 amide bonds. The summed E-state index contributed by atoms with van der Waals surface area (Å²) in [5.41, 5.74) is 2.99. The van der Waals surface area contributed by atoms with Crippen LogP contribution in [0, 0.1) is 23.2 Å². The lowest BCUT2D eigenvalue weighted by molar-refractivity contribution is -0.0706. The van der Waals surface area contributed by atoms with Crippen molar-refractivity contribution >= 4 is 11.6 Å². The Kier molecular flexibility index (Phi) is 5.34. The van der Waals surface area contributed by atoms with E-state index in [2.05, 4.69) is 30.4 Å². The van der Waals surface area contributed by atoms with Crippen molar-refractivity contribution in [3.63, 3.8) is 0 Å². The lowest BCUT2D eigenvalue weighted by Gasteiger charge is -2.59. The van der Waals surface area contributed by atoms with Gasteiger partial charge in [0.25, 0.3) is 0 Å². The highest BCUT2D eigenvalue weighted by Gasteiger charge is 2.52. The largest absolute Gasteiger partial charge is 0.489 e. The molecule has 4 fully saturated rings. The summed E-state index contributed by atoms with van der Waals surface area (Å²) in [6.45, 7) is 3.92. The predicted molar refractivity (Wildman–Crippen MR) is 119 cm³/mol. The Balaban J connectivity index is 1.18. The number of ether oxygens (including phenoxy) is 1. The first kappa shape index (κ1) is 19.5. The Morgan fingerprint density at radius 1 is 0.966 bits per heavy atom. The number of nitrogens with one attached hydrogen (secondary N) is 1. The van der Waals surface area contributed by atoms with Crippen molar-refractivity contribution in [3.8, 4) is 5.75 Å². The van der Waals surface area contributed by atoms with Gasteiger partial charge >= 0.3 is 0 Å². The maximum Gasteiger partial charge on any atom is 0.120 e. The first-order valence-corrected chi connectivity index (χ1v) is 11.7. The molecule has 4 saturated carbocycles. The molecule has 2 nitrogen and oxygen atoms in total. The van der Waals surface area contributed by atoms with Gasteiger partial charge in [0.15, 0.2) is 0 Å². The normalized spacial score (nSPS) is 31.0. The number of rotatable bonds is 7. The molecular weight excluding hydrogens is 378 g/mol. The molecule has 29 heavy (non-hydrogen) atoms. The van der Waals surface area contributed by atoms with Gasteiger partial charge in [0.05, 0.1) is 0 Å². The zero-order valence-corrected chi connectivity index (χ0v) is 18.1. The van der Waals surface area contributed by atoms with Crippen LogP contribution in [0.4, 0.5) is 0 Å². The third-order valence-electron chi connectivity index (χ3n) is 7.83. The van der Waals surface area contributed by atoms with Gasteiger partial charge in [-0.25, -0.2) is 0 Å². The van der Waals surface area contributed by atoms with E-state index in [1.54, 1.807) is 0 Å². The van der Waals surface area contributed by atoms with E-state index in [0.29, 0.717) is 18.1 Å². The highest BCUT2D eigenvalue weighted by atomic mass is 35.5. The molecule has 4 aliphatic rings. The number of hydrogen-bond acceptors (Lipinski definition) is 2. The van der Waals surface area contributed by atoms with E-state index in [1.807, 2.05) is 30.3 Å². The van der Waals surface area contributed by atoms with Gasteiger partial charge in [0.1, 0.15) is 12.4 Å². The number of hydrogen-bond donors (Lipinski definition) is 1. The first-order valence-electron chi connectivity index (χ1n) is 11.3. The summed E-state index contributed by atoms with van der Waals surface area (Å²) < 4.78 is 6.01. The second kappa shape index (κ2) is 7.96. The first-order chi connectivity index (χ1) is 14.1. The maximum atomic E-state index is 6.01. The van der Waals surface area contributed by atoms with E-state index in [4.69, 9.17) is 16.3 Å². The fourth-order valence-corrected chi connectivity index (χ4v) is 6.81. The van der Waals surface area contributed by atoms with Crippen molar-refractivity contribution in [3.05, 3.63) is 64.7 Å². The van der Waals surface area contributed by atoms with Gasteiger partial charge in [-0.2, -0.15) is 0 Å². The second-order valence-corrected chi connectivity index (χ2v) is 10.4. The molecule has 0 unspecified atom stereocenters. The predicted octanol–water partition coefficient (Wildman–Crippen LogP) is 6.61. The van der Waals surface area contributed by atoms with Crippen molar-refractivity contribution in [2.24, 2.45) is 23.2 Å². The molecule has 1 N–H and O–H groups in total. The molecule has 0 saturated heterocycles. The summed E-state index contributed by atoms with van der Waals surface area (Å²) in [7, 11) is 0. The molecule has 0 spiro atoms. The highest BCUT2D eigenvalue weighted by molar-refractivity contribution is 6.30. The van der Waals surface area contributed by atoms with Crippen molar-refractivity contribution in [2.45, 2.75) is 64.6 Å². The highest BCUT2D eigenvalue weighted by Crippen LogP contribution is 2.61. The van der Waals surface area contributed by atoms with Gasteiger partial charge in [-0.1, -0.05) is 35.9 Å². The second-order valence-electron chi connectivity index (χ2n) is 9.95. The Morgan fingerprint density at radius 2 is 1.62 bits per heavy atom. The monoisotopic (exact) mass is 409 g/mol. The van der Waals surface area contributed by atoms with Crippen LogP contribution in [0.15, 0.2) is 48.5 Å². The summed E-state index contributed by atoms with van der Waals surface area (Å²) in [5.74, 6) is 3.96. The van der Waals surface area contributed by atoms with Gasteiger partial charge in [-0.15, -0.1) is 0 Å². The lowest BCUT2D eigenvalue weighted by atomic mass is 9.48. The van der Waals surface area contributed by atoms with Crippen LogP contribution < -0.4 is 10.1 Å². The molecule has 0 heterocycles. The smallest absolute Gasteiger partial charge is 0.120 e. The minimum absolute atomic E-state index is 0.553. The summed E-state index contributed by atoms with van der Waals surface area (Å²) >= 11 is 5.96. The number of benzene rings is 2. The zero-order chi connectivity index (χ0) is 19.8. The minimum atomic E-state index is 0.553. The van der Waals surface area contributed by atoms with Gasteiger partial charge in [-0.3, -0.25) is 0 Å². The van der Waals surface area contributed by atoms with Gasteiger partial charge < -0.3 is 10.1 Å². The van der Waals surface area contributed by atoms with Crippen LogP contribution in [-0.4, -0.2) is 6.04 Å². The van der Waals surface area contributed by atoms with E-state index in [1.165, 1.54) is 44.1 Å². The van der Waals surface area contributed by atoms with Crippen LogP contribution in [0.25, 0.3) is 0 Å². The van der Waals surface area contributed by atoms with Crippen LogP contribution in [0.2, 0.25) is 5.02 Å². The van der Waals surface area contributed by atoms with Gasteiger partial charge in [-0.05, 0) is 104 Å². The molecule has 4 bridgehead atoms. The van der Waals surface area contributed by atoms with Crippen molar-refractivity contribution < 1.29 is 4.74 Å². The third-order valence-corrected chi connectivity index (χ3v) is 8.09. The SMILES string of the molecule is C[C@@H](NCc1cccc(OCc2ccc(Cl)cc2)c1)C12CC3CC(CC(C3)C1)C2. The van der Waals surface area contributed by atoms with E-state index in [9.17, 15) is 0 Å². The van der Waals surface area contributed by atoms with Gasteiger partial charge in [0.2, 0.25) is 0 Å². The summed E-state index contributed by atoms with van der Waals surface area (Å²) in [6.07, 6.45) is 8.91. The summed E-state index contributed by atoms with van der Waals surface area (Å²) in [6, 6.07) is 17.0. The quantitative estimate of drug-likeness (QED) is 0.555. The van der Waals surface area contributed by atoms with Crippen molar-refractivity contribution in [1.82, 2.24) is 5.32 Å². The van der Waals surface area contributed by atoms with Crippen molar-refractivity contribution in [2.75, 3.05) is 0 Å². The summed E-state index contributed by atoms with van der Waals surface area (Å²) in [4.78, 5) is 0.